The first-order valence-electron chi connectivity index (χ1n) is 4.94. The molecule has 1 aliphatic rings. The maximum Gasteiger partial charge on any atom is 0.416 e. The molecule has 0 saturated heterocycles. The van der Waals surface area contributed by atoms with Gasteiger partial charge < -0.3 is 0 Å². The quantitative estimate of drug-likeness (QED) is 0.652. The summed E-state index contributed by atoms with van der Waals surface area (Å²) in [5, 5.41) is 0. The number of hydrogen-bond donors (Lipinski definition) is 0. The van der Waals surface area contributed by atoms with Crippen LogP contribution in [0.4, 0.5) is 13.2 Å². The van der Waals surface area contributed by atoms with E-state index < -0.39 is 11.7 Å². The molecule has 0 radical (unpaired) electrons. The summed E-state index contributed by atoms with van der Waals surface area (Å²) in [5.41, 5.74) is 1.51. The maximum absolute atomic E-state index is 12.3. The molecule has 0 saturated carbocycles. The van der Waals surface area contributed by atoms with E-state index in [0.717, 1.165) is 37.0 Å². The van der Waals surface area contributed by atoms with E-state index in [9.17, 15) is 13.2 Å². The van der Waals surface area contributed by atoms with Crippen LogP contribution < -0.4 is 0 Å². The molecule has 0 nitrogen and oxygen atoms in total. The Morgan fingerprint density at radius 1 is 1.00 bits per heavy atom. The normalized spacial score (nSPS) is 16.6. The Kier molecular flexibility index (Phi) is 2.55. The number of alkyl halides is 3. The molecule has 2 rings (SSSR count). The Morgan fingerprint density at radius 2 is 1.67 bits per heavy atom. The van der Waals surface area contributed by atoms with Gasteiger partial charge in [-0.25, -0.2) is 0 Å². The van der Waals surface area contributed by atoms with Crippen molar-refractivity contribution in [1.29, 1.82) is 0 Å². The lowest BCUT2D eigenvalue weighted by Crippen LogP contribution is -2.04. The van der Waals surface area contributed by atoms with Gasteiger partial charge in [0.2, 0.25) is 0 Å². The van der Waals surface area contributed by atoms with Crippen molar-refractivity contribution in [3.63, 3.8) is 0 Å². The highest BCUT2D eigenvalue weighted by Crippen LogP contribution is 2.32. The summed E-state index contributed by atoms with van der Waals surface area (Å²) >= 11 is 0. The van der Waals surface area contributed by atoms with Gasteiger partial charge in [-0.15, -0.1) is 0 Å². The van der Waals surface area contributed by atoms with E-state index >= 15 is 0 Å². The molecule has 0 amide bonds. The molecule has 0 N–H and O–H groups in total. The van der Waals surface area contributed by atoms with Crippen LogP contribution in [0.2, 0.25) is 0 Å². The second kappa shape index (κ2) is 3.72. The summed E-state index contributed by atoms with van der Waals surface area (Å²) in [6, 6.07) is 5.41. The Morgan fingerprint density at radius 3 is 2.13 bits per heavy atom. The molecule has 0 aromatic heterocycles. The predicted octanol–water partition coefficient (Wildman–Crippen LogP) is 4.27. The summed E-state index contributed by atoms with van der Waals surface area (Å²) in [6.45, 7) is 0. The number of benzene rings is 1. The summed E-state index contributed by atoms with van der Waals surface area (Å²) in [5.74, 6) is 0. The van der Waals surface area contributed by atoms with Gasteiger partial charge in [0.15, 0.2) is 0 Å². The minimum atomic E-state index is -4.23. The van der Waals surface area contributed by atoms with Crippen molar-refractivity contribution in [3.05, 3.63) is 41.5 Å². The molecule has 80 valence electrons. The Labute approximate surface area is 86.4 Å². The minimum absolute atomic E-state index is 0.579. The van der Waals surface area contributed by atoms with E-state index in [1.165, 1.54) is 5.57 Å². The van der Waals surface area contributed by atoms with Gasteiger partial charge in [0.05, 0.1) is 5.56 Å². The number of allylic oxidation sites excluding steroid dienone is 2. The van der Waals surface area contributed by atoms with Crippen molar-refractivity contribution in [2.75, 3.05) is 0 Å². The van der Waals surface area contributed by atoms with Crippen LogP contribution in [0, 0.1) is 0 Å². The third-order valence-electron chi connectivity index (χ3n) is 2.62. The van der Waals surface area contributed by atoms with Gasteiger partial charge in [0, 0.05) is 0 Å². The number of hydrogen-bond acceptors (Lipinski definition) is 0. The second-order valence-electron chi connectivity index (χ2n) is 3.70. The molecule has 1 aromatic carbocycles. The molecule has 0 heterocycles. The van der Waals surface area contributed by atoms with Crippen LogP contribution >= 0.6 is 0 Å². The van der Waals surface area contributed by atoms with E-state index in [-0.39, 0.29) is 0 Å². The van der Waals surface area contributed by atoms with Crippen molar-refractivity contribution >= 4 is 5.57 Å². The fraction of sp³-hybridized carbons (Fsp3) is 0.333. The van der Waals surface area contributed by atoms with Crippen molar-refractivity contribution in [2.24, 2.45) is 0 Å². The second-order valence-corrected chi connectivity index (χ2v) is 3.70. The zero-order chi connectivity index (χ0) is 10.9. The Hall–Kier alpha value is -1.25. The van der Waals surface area contributed by atoms with Gasteiger partial charge in [0.1, 0.15) is 0 Å². The van der Waals surface area contributed by atoms with Gasteiger partial charge in [-0.3, -0.25) is 0 Å². The molecule has 0 spiro atoms. The highest BCUT2D eigenvalue weighted by Gasteiger charge is 2.30. The van der Waals surface area contributed by atoms with Crippen LogP contribution in [-0.2, 0) is 6.18 Å². The largest absolute Gasteiger partial charge is 0.416 e. The lowest BCUT2D eigenvalue weighted by molar-refractivity contribution is -0.137. The maximum atomic E-state index is 12.3. The molecule has 0 aliphatic heterocycles. The van der Waals surface area contributed by atoms with Gasteiger partial charge >= 0.3 is 6.18 Å². The van der Waals surface area contributed by atoms with Gasteiger partial charge in [-0.05, 0) is 42.5 Å². The lowest BCUT2D eigenvalue weighted by atomic mass is 10.0. The first kappa shape index (κ1) is 10.3. The van der Waals surface area contributed by atoms with Gasteiger partial charge in [0.25, 0.3) is 0 Å². The topological polar surface area (TPSA) is 0 Å². The van der Waals surface area contributed by atoms with Crippen LogP contribution in [0.1, 0.15) is 30.4 Å². The van der Waals surface area contributed by atoms with Crippen molar-refractivity contribution in [1.82, 2.24) is 0 Å². The van der Waals surface area contributed by atoms with Crippen LogP contribution in [0.15, 0.2) is 30.3 Å². The van der Waals surface area contributed by atoms with E-state index in [1.54, 1.807) is 12.1 Å². The zero-order valence-electron chi connectivity index (χ0n) is 8.14. The Balaban J connectivity index is 2.24. The number of halogens is 3. The monoisotopic (exact) mass is 212 g/mol. The molecular weight excluding hydrogens is 201 g/mol. The summed E-state index contributed by atoms with van der Waals surface area (Å²) < 4.78 is 36.8. The summed E-state index contributed by atoms with van der Waals surface area (Å²) in [4.78, 5) is 0. The number of rotatable bonds is 1. The highest BCUT2D eigenvalue weighted by atomic mass is 19.4. The lowest BCUT2D eigenvalue weighted by Gasteiger charge is -2.07. The van der Waals surface area contributed by atoms with E-state index in [0.29, 0.717) is 0 Å². The SMILES string of the molecule is FC(F)(F)c1ccc(C2=CCCC2)cc1. The van der Waals surface area contributed by atoms with Gasteiger partial charge in [-0.1, -0.05) is 18.2 Å². The zero-order valence-corrected chi connectivity index (χ0v) is 8.14. The first-order valence-corrected chi connectivity index (χ1v) is 4.94. The molecule has 0 bridgehead atoms. The molecule has 0 fully saturated rings. The Bertz CT molecular complexity index is 371. The summed E-state index contributed by atoms with van der Waals surface area (Å²) in [6.07, 6.45) is 0.989. The predicted molar refractivity (Wildman–Crippen MR) is 53.3 cm³/mol. The highest BCUT2D eigenvalue weighted by molar-refractivity contribution is 5.67. The first-order chi connectivity index (χ1) is 7.07. The molecular formula is C12H11F3. The van der Waals surface area contributed by atoms with E-state index in [2.05, 4.69) is 6.08 Å². The van der Waals surface area contributed by atoms with Crippen LogP contribution in [0.3, 0.4) is 0 Å². The standard InChI is InChI=1S/C12H11F3/c13-12(14,15)11-7-5-10(6-8-11)9-3-1-2-4-9/h3,5-8H,1-2,4H2. The summed E-state index contributed by atoms with van der Waals surface area (Å²) in [7, 11) is 0. The van der Waals surface area contributed by atoms with Crippen LogP contribution in [-0.4, -0.2) is 0 Å². The molecule has 0 atom stereocenters. The van der Waals surface area contributed by atoms with E-state index in [1.807, 2.05) is 0 Å². The van der Waals surface area contributed by atoms with Crippen molar-refractivity contribution < 1.29 is 13.2 Å². The molecule has 15 heavy (non-hydrogen) atoms. The molecule has 1 aromatic rings. The van der Waals surface area contributed by atoms with Gasteiger partial charge in [-0.2, -0.15) is 13.2 Å². The molecule has 1 aliphatic carbocycles. The van der Waals surface area contributed by atoms with Crippen LogP contribution in [0.5, 0.6) is 0 Å². The average molecular weight is 212 g/mol. The van der Waals surface area contributed by atoms with Crippen molar-refractivity contribution in [2.45, 2.75) is 25.4 Å². The fourth-order valence-corrected chi connectivity index (χ4v) is 1.81. The average Bonchev–Trinajstić information content (AvgIpc) is 2.69. The smallest absolute Gasteiger partial charge is 0.166 e. The third kappa shape index (κ3) is 2.22. The molecule has 3 heteroatoms. The van der Waals surface area contributed by atoms with Crippen molar-refractivity contribution in [3.8, 4) is 0 Å². The molecule has 0 unspecified atom stereocenters. The minimum Gasteiger partial charge on any atom is -0.166 e. The third-order valence-corrected chi connectivity index (χ3v) is 2.62. The van der Waals surface area contributed by atoms with E-state index in [4.69, 9.17) is 0 Å². The van der Waals surface area contributed by atoms with Crippen LogP contribution in [0.25, 0.3) is 5.57 Å². The fourth-order valence-electron chi connectivity index (χ4n) is 1.81.